The number of likely N-dealkylation sites (N-methyl/N-ethyl adjacent to an activating group) is 1. The Morgan fingerprint density at radius 1 is 1.52 bits per heavy atom. The molecule has 0 aliphatic heterocycles. The molecule has 6 heteroatoms. The summed E-state index contributed by atoms with van der Waals surface area (Å²) in [6, 6.07) is -0.0538. The third-order valence-electron chi connectivity index (χ3n) is 3.73. The first-order valence-corrected chi connectivity index (χ1v) is 7.45. The van der Waals surface area contributed by atoms with Crippen molar-refractivity contribution in [2.24, 2.45) is 5.92 Å². The van der Waals surface area contributed by atoms with E-state index in [1.807, 2.05) is 27.7 Å². The lowest BCUT2D eigenvalue weighted by molar-refractivity contribution is 0.0234. The number of hydrogen-bond donors (Lipinski definition) is 0. The Kier molecular flexibility index (Phi) is 4.25. The first kappa shape index (κ1) is 15.8. The number of amides is 1. The molecule has 0 spiro atoms. The molecule has 1 fully saturated rings. The van der Waals surface area contributed by atoms with Crippen molar-refractivity contribution in [1.29, 1.82) is 0 Å². The average molecular weight is 295 g/mol. The molecule has 0 unspecified atom stereocenters. The predicted molar refractivity (Wildman–Crippen MR) is 78.0 cm³/mol. The van der Waals surface area contributed by atoms with Crippen LogP contribution in [-0.2, 0) is 11.2 Å². The van der Waals surface area contributed by atoms with Gasteiger partial charge in [0.2, 0.25) is 5.89 Å². The summed E-state index contributed by atoms with van der Waals surface area (Å²) in [6.45, 7) is 9.68. The summed E-state index contributed by atoms with van der Waals surface area (Å²) in [6.07, 6.45) is 1.34. The summed E-state index contributed by atoms with van der Waals surface area (Å²) in [7, 11) is 1.72. The Labute approximate surface area is 125 Å². The molecule has 1 aromatic rings. The second-order valence-corrected chi connectivity index (χ2v) is 7.01. The van der Waals surface area contributed by atoms with Crippen molar-refractivity contribution in [3.63, 3.8) is 0 Å². The van der Waals surface area contributed by atoms with Crippen molar-refractivity contribution >= 4 is 6.09 Å². The topological polar surface area (TPSA) is 68.5 Å². The molecule has 6 nitrogen and oxygen atoms in total. The highest BCUT2D eigenvalue weighted by molar-refractivity contribution is 5.68. The van der Waals surface area contributed by atoms with Crippen LogP contribution >= 0.6 is 0 Å². The van der Waals surface area contributed by atoms with E-state index in [2.05, 4.69) is 17.1 Å². The standard InChI is InChI=1S/C15H25N3O3/c1-9-7-11(9)13-16-12(17-21-13)8-10(2)18(6)14(19)20-15(3,4)5/h9-11H,7-8H2,1-6H3/t9-,10+,11-/m1/s1. The molecule has 21 heavy (non-hydrogen) atoms. The van der Waals surface area contributed by atoms with Gasteiger partial charge in [-0.25, -0.2) is 4.79 Å². The molecule has 0 N–H and O–H groups in total. The van der Waals surface area contributed by atoms with Gasteiger partial charge >= 0.3 is 6.09 Å². The van der Waals surface area contributed by atoms with Gasteiger partial charge in [0.25, 0.3) is 0 Å². The highest BCUT2D eigenvalue weighted by Crippen LogP contribution is 2.45. The average Bonchev–Trinajstić information content (AvgIpc) is 2.90. The summed E-state index contributed by atoms with van der Waals surface area (Å²) in [5.74, 6) is 2.43. The first-order chi connectivity index (χ1) is 9.67. The molecular weight excluding hydrogens is 270 g/mol. The number of rotatable bonds is 4. The minimum absolute atomic E-state index is 0.0538. The molecule has 1 amide bonds. The Morgan fingerprint density at radius 3 is 2.67 bits per heavy atom. The summed E-state index contributed by atoms with van der Waals surface area (Å²) in [4.78, 5) is 18.0. The summed E-state index contributed by atoms with van der Waals surface area (Å²) in [5, 5.41) is 4.00. The molecule has 0 radical (unpaired) electrons. The number of hydrogen-bond acceptors (Lipinski definition) is 5. The zero-order valence-corrected chi connectivity index (χ0v) is 13.7. The van der Waals surface area contributed by atoms with Crippen molar-refractivity contribution < 1.29 is 14.1 Å². The van der Waals surface area contributed by atoms with Crippen LogP contribution in [0.5, 0.6) is 0 Å². The Hall–Kier alpha value is -1.59. The largest absolute Gasteiger partial charge is 0.444 e. The Bertz CT molecular complexity index is 507. The van der Waals surface area contributed by atoms with Gasteiger partial charge < -0.3 is 14.2 Å². The van der Waals surface area contributed by atoms with E-state index in [-0.39, 0.29) is 12.1 Å². The molecule has 1 aromatic heterocycles. The van der Waals surface area contributed by atoms with Gasteiger partial charge in [-0.1, -0.05) is 12.1 Å². The van der Waals surface area contributed by atoms with Crippen LogP contribution in [0.4, 0.5) is 4.79 Å². The van der Waals surface area contributed by atoms with Crippen molar-refractivity contribution in [1.82, 2.24) is 15.0 Å². The van der Waals surface area contributed by atoms with E-state index in [0.29, 0.717) is 24.1 Å². The quantitative estimate of drug-likeness (QED) is 0.854. The van der Waals surface area contributed by atoms with Gasteiger partial charge in [-0.15, -0.1) is 0 Å². The first-order valence-electron chi connectivity index (χ1n) is 7.45. The Balaban J connectivity index is 1.89. The smallest absolute Gasteiger partial charge is 0.410 e. The maximum atomic E-state index is 12.0. The molecule has 118 valence electrons. The third kappa shape index (κ3) is 4.19. The zero-order chi connectivity index (χ0) is 15.8. The fourth-order valence-corrected chi connectivity index (χ4v) is 2.08. The van der Waals surface area contributed by atoms with E-state index in [4.69, 9.17) is 9.26 Å². The van der Waals surface area contributed by atoms with Crippen LogP contribution in [-0.4, -0.2) is 39.8 Å². The molecule has 0 bridgehead atoms. The number of nitrogens with zero attached hydrogens (tertiary/aromatic N) is 3. The zero-order valence-electron chi connectivity index (χ0n) is 13.7. The molecule has 3 atom stereocenters. The molecule has 1 aliphatic carbocycles. The molecule has 2 rings (SSSR count). The van der Waals surface area contributed by atoms with Gasteiger partial charge in [0.15, 0.2) is 5.82 Å². The summed E-state index contributed by atoms with van der Waals surface area (Å²) >= 11 is 0. The van der Waals surface area contributed by atoms with Crippen molar-refractivity contribution in [3.8, 4) is 0 Å². The fourth-order valence-electron chi connectivity index (χ4n) is 2.08. The van der Waals surface area contributed by atoms with E-state index < -0.39 is 5.60 Å². The summed E-state index contributed by atoms with van der Waals surface area (Å²) < 4.78 is 10.6. The normalized spacial score (nSPS) is 22.8. The molecule has 0 saturated heterocycles. The molecule has 0 aromatic carbocycles. The highest BCUT2D eigenvalue weighted by Gasteiger charge is 2.39. The van der Waals surface area contributed by atoms with Gasteiger partial charge in [0.05, 0.1) is 0 Å². The van der Waals surface area contributed by atoms with Crippen LogP contribution in [0.3, 0.4) is 0 Å². The van der Waals surface area contributed by atoms with Gasteiger partial charge in [0.1, 0.15) is 5.60 Å². The highest BCUT2D eigenvalue weighted by atomic mass is 16.6. The third-order valence-corrected chi connectivity index (χ3v) is 3.73. The van der Waals surface area contributed by atoms with Gasteiger partial charge in [-0.3, -0.25) is 0 Å². The van der Waals surface area contributed by atoms with Crippen LogP contribution in [0, 0.1) is 5.92 Å². The molecular formula is C15H25N3O3. The number of ether oxygens (including phenoxy) is 1. The van der Waals surface area contributed by atoms with E-state index >= 15 is 0 Å². The molecule has 1 saturated carbocycles. The minimum Gasteiger partial charge on any atom is -0.444 e. The van der Waals surface area contributed by atoms with E-state index in [1.165, 1.54) is 0 Å². The van der Waals surface area contributed by atoms with Gasteiger partial charge in [0, 0.05) is 25.4 Å². The maximum absolute atomic E-state index is 12.0. The number of carbonyl (C=O) groups excluding carboxylic acids is 1. The van der Waals surface area contributed by atoms with Crippen molar-refractivity contribution in [3.05, 3.63) is 11.7 Å². The number of aromatic nitrogens is 2. The van der Waals surface area contributed by atoms with Crippen molar-refractivity contribution in [2.45, 2.75) is 65.0 Å². The summed E-state index contributed by atoms with van der Waals surface area (Å²) in [5.41, 5.74) is -0.494. The second kappa shape index (κ2) is 5.66. The molecule has 1 aliphatic rings. The monoisotopic (exact) mass is 295 g/mol. The van der Waals surface area contributed by atoms with E-state index in [9.17, 15) is 4.79 Å². The van der Waals surface area contributed by atoms with E-state index in [1.54, 1.807) is 11.9 Å². The van der Waals surface area contributed by atoms with Crippen molar-refractivity contribution in [2.75, 3.05) is 7.05 Å². The predicted octanol–water partition coefficient (Wildman–Crippen LogP) is 2.99. The maximum Gasteiger partial charge on any atom is 0.410 e. The van der Waals surface area contributed by atoms with Gasteiger partial charge in [-0.05, 0) is 40.0 Å². The van der Waals surface area contributed by atoms with Crippen LogP contribution < -0.4 is 0 Å². The lowest BCUT2D eigenvalue weighted by Crippen LogP contribution is -2.40. The van der Waals surface area contributed by atoms with Crippen LogP contribution in [0.25, 0.3) is 0 Å². The van der Waals surface area contributed by atoms with Crippen LogP contribution in [0.2, 0.25) is 0 Å². The fraction of sp³-hybridized carbons (Fsp3) is 0.800. The molecule has 1 heterocycles. The Morgan fingerprint density at radius 2 is 2.14 bits per heavy atom. The minimum atomic E-state index is -0.494. The van der Waals surface area contributed by atoms with Crippen LogP contribution in [0.1, 0.15) is 58.7 Å². The van der Waals surface area contributed by atoms with Crippen LogP contribution in [0.15, 0.2) is 4.52 Å². The lowest BCUT2D eigenvalue weighted by Gasteiger charge is -2.28. The van der Waals surface area contributed by atoms with Gasteiger partial charge in [-0.2, -0.15) is 4.98 Å². The number of carbonyl (C=O) groups is 1. The lowest BCUT2D eigenvalue weighted by atomic mass is 10.2. The SMILES string of the molecule is C[C@@H]1C[C@H]1c1nc(C[C@H](C)N(C)C(=O)OC(C)(C)C)no1. The second-order valence-electron chi connectivity index (χ2n) is 7.01. The van der Waals surface area contributed by atoms with E-state index in [0.717, 1.165) is 12.3 Å².